The van der Waals surface area contributed by atoms with Crippen LogP contribution < -0.4 is 16.8 Å². The van der Waals surface area contributed by atoms with Gasteiger partial charge < -0.3 is 16.8 Å². The van der Waals surface area contributed by atoms with Crippen molar-refractivity contribution in [2.24, 2.45) is 16.5 Å². The Balaban J connectivity index is 2.09. The van der Waals surface area contributed by atoms with E-state index in [4.69, 9.17) is 11.5 Å². The zero-order valence-corrected chi connectivity index (χ0v) is 12.4. The lowest BCUT2D eigenvalue weighted by molar-refractivity contribution is 0.900. The predicted molar refractivity (Wildman–Crippen MR) is 87.9 cm³/mol. The fraction of sp³-hybridized carbons (Fsp3) is 0.250. The molecule has 5 heteroatoms. The van der Waals surface area contributed by atoms with Crippen LogP contribution in [0.2, 0.25) is 0 Å². The Morgan fingerprint density at radius 1 is 1.10 bits per heavy atom. The van der Waals surface area contributed by atoms with Crippen LogP contribution >= 0.6 is 0 Å². The van der Waals surface area contributed by atoms with Crippen LogP contribution in [0.5, 0.6) is 0 Å². The maximum absolute atomic E-state index is 5.30. The molecule has 0 bridgehead atoms. The maximum Gasteiger partial charge on any atom is 0.186 e. The number of guanidine groups is 1. The van der Waals surface area contributed by atoms with Gasteiger partial charge in [-0.2, -0.15) is 0 Å². The number of nitrogens with one attached hydrogen (secondary N) is 1. The van der Waals surface area contributed by atoms with E-state index in [0.29, 0.717) is 12.6 Å². The number of nitrogens with zero attached hydrogens (tertiary/aromatic N) is 2. The molecule has 0 unspecified atom stereocenters. The van der Waals surface area contributed by atoms with Gasteiger partial charge >= 0.3 is 0 Å². The van der Waals surface area contributed by atoms with Crippen molar-refractivity contribution in [1.29, 1.82) is 0 Å². The summed E-state index contributed by atoms with van der Waals surface area (Å²) in [6, 6.07) is 12.7. The van der Waals surface area contributed by atoms with Crippen molar-refractivity contribution in [2.45, 2.75) is 26.4 Å². The third-order valence-electron chi connectivity index (χ3n) is 2.92. The van der Waals surface area contributed by atoms with Gasteiger partial charge in [0.15, 0.2) is 5.96 Å². The van der Waals surface area contributed by atoms with Crippen LogP contribution in [0.1, 0.15) is 19.5 Å². The molecule has 1 aromatic heterocycles. The molecule has 2 rings (SSSR count). The topological polar surface area (TPSA) is 89.3 Å². The number of pyridine rings is 1. The van der Waals surface area contributed by atoms with Crippen LogP contribution in [0.3, 0.4) is 0 Å². The van der Waals surface area contributed by atoms with Crippen LogP contribution in [0.4, 0.5) is 5.69 Å². The van der Waals surface area contributed by atoms with Gasteiger partial charge in [-0.3, -0.25) is 4.98 Å². The first kappa shape index (κ1) is 14.8. The van der Waals surface area contributed by atoms with Crippen molar-refractivity contribution in [2.75, 3.05) is 5.32 Å². The first-order chi connectivity index (χ1) is 10.0. The van der Waals surface area contributed by atoms with E-state index in [9.17, 15) is 0 Å². The highest BCUT2D eigenvalue weighted by atomic mass is 15.0. The van der Waals surface area contributed by atoms with E-state index < -0.39 is 0 Å². The minimum atomic E-state index is 0.0779. The summed E-state index contributed by atoms with van der Waals surface area (Å²) in [5, 5.41) is 3.37. The van der Waals surface area contributed by atoms with Crippen molar-refractivity contribution in [3.05, 3.63) is 48.3 Å². The third kappa shape index (κ3) is 4.49. The quantitative estimate of drug-likeness (QED) is 0.580. The third-order valence-corrected chi connectivity index (χ3v) is 2.92. The lowest BCUT2D eigenvalue weighted by atomic mass is 10.1. The molecular weight excluding hydrogens is 262 g/mol. The zero-order chi connectivity index (χ0) is 15.2. The van der Waals surface area contributed by atoms with Crippen molar-refractivity contribution in [3.63, 3.8) is 0 Å². The summed E-state index contributed by atoms with van der Waals surface area (Å²) in [4.78, 5) is 8.30. The van der Waals surface area contributed by atoms with Crippen LogP contribution in [0.25, 0.3) is 11.1 Å². The van der Waals surface area contributed by atoms with E-state index in [-0.39, 0.29) is 5.96 Å². The normalized spacial score (nSPS) is 10.4. The smallest absolute Gasteiger partial charge is 0.186 e. The maximum atomic E-state index is 5.30. The first-order valence-electron chi connectivity index (χ1n) is 6.92. The number of anilines is 1. The molecule has 2 aromatic rings. The number of rotatable bonds is 5. The monoisotopic (exact) mass is 283 g/mol. The molecule has 21 heavy (non-hydrogen) atoms. The van der Waals surface area contributed by atoms with Gasteiger partial charge in [0.05, 0.1) is 12.2 Å². The molecule has 0 aliphatic carbocycles. The molecule has 0 aliphatic heterocycles. The first-order valence-corrected chi connectivity index (χ1v) is 6.92. The van der Waals surface area contributed by atoms with Crippen molar-refractivity contribution >= 4 is 11.6 Å². The number of aromatic nitrogens is 1. The summed E-state index contributed by atoms with van der Waals surface area (Å²) in [7, 11) is 0. The largest absolute Gasteiger partial charge is 0.383 e. The number of nitrogens with two attached hydrogens (primary N) is 2. The second-order valence-electron chi connectivity index (χ2n) is 5.16. The summed E-state index contributed by atoms with van der Waals surface area (Å²) >= 11 is 0. The van der Waals surface area contributed by atoms with E-state index in [1.807, 2.05) is 18.3 Å². The van der Waals surface area contributed by atoms with Gasteiger partial charge in [0.2, 0.25) is 0 Å². The van der Waals surface area contributed by atoms with Crippen LogP contribution in [0.15, 0.2) is 47.6 Å². The second kappa shape index (κ2) is 6.74. The van der Waals surface area contributed by atoms with Gasteiger partial charge in [-0.05, 0) is 37.6 Å². The average molecular weight is 283 g/mol. The highest BCUT2D eigenvalue weighted by Gasteiger charge is 2.01. The molecule has 5 nitrogen and oxygen atoms in total. The van der Waals surface area contributed by atoms with Crippen LogP contribution in [0, 0.1) is 0 Å². The Labute approximate surface area is 125 Å². The molecule has 0 aliphatic rings. The fourth-order valence-corrected chi connectivity index (χ4v) is 1.95. The molecule has 0 spiro atoms. The molecule has 5 N–H and O–H groups in total. The van der Waals surface area contributed by atoms with Crippen LogP contribution in [-0.4, -0.2) is 17.0 Å². The number of aliphatic imine (C=N–C) groups is 1. The Bertz CT molecular complexity index is 596. The summed E-state index contributed by atoms with van der Waals surface area (Å²) in [6.45, 7) is 4.64. The van der Waals surface area contributed by atoms with Gasteiger partial charge in [0.1, 0.15) is 0 Å². The van der Waals surface area contributed by atoms with Crippen LogP contribution in [-0.2, 0) is 6.54 Å². The predicted octanol–water partition coefficient (Wildman–Crippen LogP) is 2.34. The molecule has 110 valence electrons. The highest BCUT2D eigenvalue weighted by molar-refractivity contribution is 5.75. The molecule has 0 radical (unpaired) electrons. The molecule has 1 aromatic carbocycles. The molecule has 0 atom stereocenters. The van der Waals surface area contributed by atoms with Gasteiger partial charge in [-0.25, -0.2) is 4.99 Å². The average Bonchev–Trinajstić information content (AvgIpc) is 2.46. The Kier molecular flexibility index (Phi) is 4.77. The standard InChI is InChI=1S/C16H21N5/c1-11(2)21-14-6-3-12(4-7-14)13-5-8-15(19-9-13)10-20-16(17)18/h3-9,11,21H,10H2,1-2H3,(H4,17,18,20). The van der Waals surface area contributed by atoms with Gasteiger partial charge in [0, 0.05) is 23.5 Å². The molecule has 0 fully saturated rings. The van der Waals surface area contributed by atoms with Crippen molar-refractivity contribution < 1.29 is 0 Å². The Morgan fingerprint density at radius 3 is 2.29 bits per heavy atom. The van der Waals surface area contributed by atoms with Crippen molar-refractivity contribution in [3.8, 4) is 11.1 Å². The second-order valence-corrected chi connectivity index (χ2v) is 5.16. The summed E-state index contributed by atoms with van der Waals surface area (Å²) < 4.78 is 0. The van der Waals surface area contributed by atoms with Gasteiger partial charge in [-0.1, -0.05) is 18.2 Å². The lowest BCUT2D eigenvalue weighted by Gasteiger charge is -2.10. The molecule has 1 heterocycles. The number of hydrogen-bond acceptors (Lipinski definition) is 3. The van der Waals surface area contributed by atoms with E-state index in [0.717, 1.165) is 22.5 Å². The summed E-state index contributed by atoms with van der Waals surface area (Å²) in [5.74, 6) is 0.0779. The molecule has 0 saturated heterocycles. The number of hydrogen-bond donors (Lipinski definition) is 3. The minimum Gasteiger partial charge on any atom is -0.383 e. The summed E-state index contributed by atoms with van der Waals surface area (Å²) in [5.41, 5.74) is 14.8. The molecule has 0 saturated carbocycles. The Morgan fingerprint density at radius 2 is 1.76 bits per heavy atom. The summed E-state index contributed by atoms with van der Waals surface area (Å²) in [6.07, 6.45) is 1.84. The van der Waals surface area contributed by atoms with Gasteiger partial charge in [-0.15, -0.1) is 0 Å². The van der Waals surface area contributed by atoms with E-state index in [2.05, 4.69) is 53.4 Å². The van der Waals surface area contributed by atoms with Gasteiger partial charge in [0.25, 0.3) is 0 Å². The Hall–Kier alpha value is -2.56. The van der Waals surface area contributed by atoms with E-state index in [1.54, 1.807) is 0 Å². The zero-order valence-electron chi connectivity index (χ0n) is 12.4. The lowest BCUT2D eigenvalue weighted by Crippen LogP contribution is -2.22. The van der Waals surface area contributed by atoms with Crippen molar-refractivity contribution in [1.82, 2.24) is 4.98 Å². The fourth-order valence-electron chi connectivity index (χ4n) is 1.95. The number of benzene rings is 1. The van der Waals surface area contributed by atoms with E-state index in [1.165, 1.54) is 0 Å². The SMILES string of the molecule is CC(C)Nc1ccc(-c2ccc(CN=C(N)N)nc2)cc1. The molecule has 0 amide bonds. The molecular formula is C16H21N5. The highest BCUT2D eigenvalue weighted by Crippen LogP contribution is 2.21. The minimum absolute atomic E-state index is 0.0779. The van der Waals surface area contributed by atoms with E-state index >= 15 is 0 Å².